The summed E-state index contributed by atoms with van der Waals surface area (Å²) in [5.41, 5.74) is 5.26. The van der Waals surface area contributed by atoms with Crippen LogP contribution < -0.4 is 25.4 Å². The summed E-state index contributed by atoms with van der Waals surface area (Å²) in [6.45, 7) is -0.294. The van der Waals surface area contributed by atoms with Crippen LogP contribution in [0, 0.1) is 0 Å². The topological polar surface area (TPSA) is 238 Å². The molecule has 0 aromatic carbocycles. The highest BCUT2D eigenvalue weighted by atomic mass is 32.2. The number of carbonyl (C=O) groups is 3. The number of carboxylic acid groups (broad SMARTS) is 1. The molecule has 5 N–H and O–H groups in total. The first-order valence-electron chi connectivity index (χ1n) is 11.1. The Bertz CT molecular complexity index is 1690. The molecule has 212 valence electrons. The van der Waals surface area contributed by atoms with Crippen molar-refractivity contribution < 1.29 is 41.9 Å². The van der Waals surface area contributed by atoms with E-state index in [2.05, 4.69) is 19.8 Å². The SMILES string of the molecule is CO/N=C(\C(=O)N[C@@H]1C(=O)N2C(C(=O)[O-])=C(C[n+]3cc4sccn4c3CNS(=O)(=O)O)CS[C@H]12)c1nsc(N)n1. The summed E-state index contributed by atoms with van der Waals surface area (Å²) >= 11 is 3.43. The minimum absolute atomic E-state index is 0.0116. The van der Waals surface area contributed by atoms with Crippen molar-refractivity contribution in [1.82, 2.24) is 28.7 Å². The number of carboxylic acids is 1. The highest BCUT2D eigenvalue weighted by molar-refractivity contribution is 8.00. The molecule has 1 saturated heterocycles. The molecule has 0 unspecified atom stereocenters. The van der Waals surface area contributed by atoms with Gasteiger partial charge in [-0.15, -0.1) is 11.8 Å². The van der Waals surface area contributed by atoms with Crippen molar-refractivity contribution >= 4 is 78.4 Å². The number of β-lactam (4-membered cyclic amide) rings is 1. The number of amides is 2. The summed E-state index contributed by atoms with van der Waals surface area (Å²) < 4.78 is 40.9. The molecule has 0 saturated carbocycles. The lowest BCUT2D eigenvalue weighted by molar-refractivity contribution is -0.695. The maximum atomic E-state index is 13.1. The molecule has 0 bridgehead atoms. The Balaban J connectivity index is 1.38. The van der Waals surface area contributed by atoms with E-state index < -0.39 is 39.5 Å². The van der Waals surface area contributed by atoms with Crippen molar-refractivity contribution in [2.24, 2.45) is 5.16 Å². The molecule has 2 aliphatic heterocycles. The molecular formula is C19H19N9O8S4. The van der Waals surface area contributed by atoms with E-state index in [4.69, 9.17) is 15.1 Å². The Kier molecular flexibility index (Phi) is 7.50. The molecule has 2 atom stereocenters. The summed E-state index contributed by atoms with van der Waals surface area (Å²) in [5, 5.41) is 19.5. The number of hydrogen-bond acceptors (Lipinski definition) is 14. The first-order valence-corrected chi connectivity index (χ1v) is 15.2. The van der Waals surface area contributed by atoms with Crippen molar-refractivity contribution in [3.63, 3.8) is 0 Å². The molecule has 17 nitrogen and oxygen atoms in total. The number of nitrogens with zero attached hydrogens (tertiary/aromatic N) is 6. The van der Waals surface area contributed by atoms with E-state index in [1.165, 1.54) is 30.2 Å². The first kappa shape index (κ1) is 27.9. The molecule has 0 spiro atoms. The predicted molar refractivity (Wildman–Crippen MR) is 139 cm³/mol. The number of nitrogen functional groups attached to an aromatic ring is 1. The van der Waals surface area contributed by atoms with Gasteiger partial charge in [-0.3, -0.25) is 19.0 Å². The van der Waals surface area contributed by atoms with Crippen LogP contribution in [0.4, 0.5) is 5.13 Å². The number of carbonyl (C=O) groups excluding carboxylic acids is 3. The second-order valence-corrected chi connectivity index (χ2v) is 12.3. The number of imidazole rings is 1. The third-order valence-corrected chi connectivity index (χ3v) is 9.06. The van der Waals surface area contributed by atoms with Gasteiger partial charge >= 0.3 is 10.3 Å². The molecule has 0 radical (unpaired) electrons. The largest absolute Gasteiger partial charge is 0.543 e. The van der Waals surface area contributed by atoms with Crippen LogP contribution in [0.1, 0.15) is 11.6 Å². The molecule has 40 heavy (non-hydrogen) atoms. The molecule has 2 amide bonds. The van der Waals surface area contributed by atoms with Crippen molar-refractivity contribution in [3.8, 4) is 0 Å². The zero-order chi connectivity index (χ0) is 28.8. The van der Waals surface area contributed by atoms with Gasteiger partial charge in [-0.05, 0) is 0 Å². The summed E-state index contributed by atoms with van der Waals surface area (Å²) in [4.78, 5) is 48.5. The standard InChI is InChI=1S/C19H19N9O8S4/c1-36-24-11(14-23-19(20)39-25-14)15(29)22-12-16(30)28-13(18(31)32)8(7-38-17(12)28)5-26-6-10-27(2-3-37-10)9(26)4-21-40(33,34)35/h2-3,6,12,17,21H,4-5,7H2,1H3,(H4-,20,22,23,25,29,31,32,33,34,35)/b24-11-/t12-,17-/m1/s1. The molecule has 21 heteroatoms. The average molecular weight is 630 g/mol. The number of rotatable bonds is 10. The fourth-order valence-corrected chi connectivity index (χ4v) is 7.11. The fraction of sp³-hybridized carbons (Fsp3) is 0.316. The van der Waals surface area contributed by atoms with Crippen molar-refractivity contribution in [2.75, 3.05) is 18.6 Å². The molecular weight excluding hydrogens is 611 g/mol. The quantitative estimate of drug-likeness (QED) is 0.0580. The predicted octanol–water partition coefficient (Wildman–Crippen LogP) is -2.93. The second-order valence-electron chi connectivity index (χ2n) is 8.26. The van der Waals surface area contributed by atoms with Crippen LogP contribution in [0.25, 0.3) is 4.83 Å². The van der Waals surface area contributed by atoms with E-state index in [-0.39, 0.29) is 41.2 Å². The van der Waals surface area contributed by atoms with Gasteiger partial charge in [0.25, 0.3) is 17.6 Å². The summed E-state index contributed by atoms with van der Waals surface area (Å²) in [6.07, 6.45) is 3.39. The Hall–Kier alpha value is -3.63. The second kappa shape index (κ2) is 10.7. The van der Waals surface area contributed by atoms with Crippen molar-refractivity contribution in [1.29, 1.82) is 0 Å². The van der Waals surface area contributed by atoms with E-state index in [0.717, 1.165) is 21.3 Å². The van der Waals surface area contributed by atoms with Crippen LogP contribution in [0.2, 0.25) is 0 Å². The van der Waals surface area contributed by atoms with Crippen molar-refractivity contribution in [2.45, 2.75) is 24.5 Å². The van der Waals surface area contributed by atoms with E-state index in [9.17, 15) is 27.9 Å². The molecule has 3 aromatic heterocycles. The Morgan fingerprint density at radius 1 is 1.43 bits per heavy atom. The minimum atomic E-state index is -4.49. The highest BCUT2D eigenvalue weighted by Crippen LogP contribution is 2.40. The summed E-state index contributed by atoms with van der Waals surface area (Å²) in [5.74, 6) is -2.60. The summed E-state index contributed by atoms with van der Waals surface area (Å²) in [7, 11) is -3.28. The minimum Gasteiger partial charge on any atom is -0.543 e. The van der Waals surface area contributed by atoms with E-state index in [0.29, 0.717) is 11.4 Å². The number of thiazole rings is 1. The Morgan fingerprint density at radius 3 is 2.85 bits per heavy atom. The number of hydrogen-bond donors (Lipinski definition) is 4. The Morgan fingerprint density at radius 2 is 2.20 bits per heavy atom. The maximum Gasteiger partial charge on any atom is 0.333 e. The van der Waals surface area contributed by atoms with Gasteiger partial charge in [0.05, 0.1) is 11.7 Å². The molecule has 1 fully saturated rings. The number of anilines is 1. The monoisotopic (exact) mass is 629 g/mol. The first-order chi connectivity index (χ1) is 19.0. The smallest absolute Gasteiger partial charge is 0.333 e. The number of aliphatic carboxylic acids is 1. The molecule has 3 aromatic rings. The van der Waals surface area contributed by atoms with E-state index in [1.807, 2.05) is 4.72 Å². The zero-order valence-corrected chi connectivity index (χ0v) is 23.5. The number of fused-ring (bicyclic) bond motifs is 2. The van der Waals surface area contributed by atoms with Crippen LogP contribution >= 0.6 is 34.6 Å². The normalized spacial score (nSPS) is 19.5. The molecule has 5 rings (SSSR count). The zero-order valence-electron chi connectivity index (χ0n) is 20.2. The number of aromatic nitrogens is 4. The van der Waals surface area contributed by atoms with Gasteiger partial charge in [0.2, 0.25) is 16.4 Å². The fourth-order valence-electron chi connectivity index (χ4n) is 4.24. The van der Waals surface area contributed by atoms with Crippen LogP contribution in [-0.4, -0.2) is 79.4 Å². The van der Waals surface area contributed by atoms with Gasteiger partial charge in [-0.1, -0.05) is 16.5 Å². The lowest BCUT2D eigenvalue weighted by Crippen LogP contribution is -2.71. The van der Waals surface area contributed by atoms with Crippen LogP contribution in [-0.2, 0) is 42.6 Å². The third-order valence-electron chi connectivity index (χ3n) is 5.86. The van der Waals surface area contributed by atoms with Gasteiger partial charge in [0.15, 0.2) is 5.13 Å². The average Bonchev–Trinajstić information content (AvgIpc) is 3.60. The van der Waals surface area contributed by atoms with Gasteiger partial charge in [-0.2, -0.15) is 26.9 Å². The van der Waals surface area contributed by atoms with Crippen LogP contribution in [0.5, 0.6) is 0 Å². The summed E-state index contributed by atoms with van der Waals surface area (Å²) in [6, 6.07) is -1.08. The number of nitrogens with two attached hydrogens (primary N) is 1. The molecule has 0 aliphatic carbocycles. The van der Waals surface area contributed by atoms with Gasteiger partial charge in [0, 0.05) is 28.2 Å². The van der Waals surface area contributed by atoms with E-state index in [1.54, 1.807) is 26.7 Å². The van der Waals surface area contributed by atoms with E-state index >= 15 is 0 Å². The van der Waals surface area contributed by atoms with Crippen molar-refractivity contribution in [3.05, 3.63) is 40.7 Å². The highest BCUT2D eigenvalue weighted by Gasteiger charge is 2.53. The van der Waals surface area contributed by atoms with Crippen LogP contribution in [0.15, 0.2) is 34.2 Å². The number of thioether (sulfide) groups is 1. The maximum absolute atomic E-state index is 13.1. The third kappa shape index (κ3) is 5.25. The molecule has 5 heterocycles. The van der Waals surface area contributed by atoms with Gasteiger partial charge in [-0.25, -0.2) is 4.57 Å². The number of oxime groups is 1. The lowest BCUT2D eigenvalue weighted by Gasteiger charge is -2.50. The Labute approximate surface area is 237 Å². The number of nitrogens with one attached hydrogen (secondary N) is 2. The van der Waals surface area contributed by atoms with Gasteiger partial charge < -0.3 is 25.8 Å². The molecule has 2 aliphatic rings. The van der Waals surface area contributed by atoms with Crippen LogP contribution in [0.3, 0.4) is 0 Å². The lowest BCUT2D eigenvalue weighted by atomic mass is 10.0. The van der Waals surface area contributed by atoms with Gasteiger partial charge in [0.1, 0.15) is 44.0 Å².